The number of nitrogens with zero attached hydrogens (tertiary/aromatic N) is 2. The van der Waals surface area contributed by atoms with Crippen molar-refractivity contribution in [1.29, 1.82) is 0 Å². The summed E-state index contributed by atoms with van der Waals surface area (Å²) in [5, 5.41) is 0. The standard InChI is InChI=1S/C11H15BrN2O2/c1-15-5-2-6-16-10-7-9(12)13-11(14-10)8-3-4-8/h7-8H,2-6H2,1H3. The van der Waals surface area contributed by atoms with Gasteiger partial charge in [-0.25, -0.2) is 4.98 Å². The summed E-state index contributed by atoms with van der Waals surface area (Å²) in [6, 6.07) is 1.80. The third kappa shape index (κ3) is 3.42. The number of aromatic nitrogens is 2. The Balaban J connectivity index is 1.92. The van der Waals surface area contributed by atoms with Crippen LogP contribution in [0.5, 0.6) is 5.88 Å². The Hall–Kier alpha value is -0.680. The van der Waals surface area contributed by atoms with E-state index in [0.717, 1.165) is 16.8 Å². The van der Waals surface area contributed by atoms with E-state index < -0.39 is 0 Å². The van der Waals surface area contributed by atoms with Gasteiger partial charge in [0.05, 0.1) is 6.61 Å². The molecule has 0 atom stereocenters. The minimum Gasteiger partial charge on any atom is -0.477 e. The van der Waals surface area contributed by atoms with Crippen LogP contribution in [0.3, 0.4) is 0 Å². The van der Waals surface area contributed by atoms with E-state index in [2.05, 4.69) is 25.9 Å². The second-order valence-electron chi connectivity index (χ2n) is 3.86. The summed E-state index contributed by atoms with van der Waals surface area (Å²) in [6.45, 7) is 1.34. The van der Waals surface area contributed by atoms with Crippen molar-refractivity contribution >= 4 is 15.9 Å². The number of hydrogen-bond donors (Lipinski definition) is 0. The zero-order chi connectivity index (χ0) is 11.4. The molecule has 16 heavy (non-hydrogen) atoms. The van der Waals surface area contributed by atoms with Gasteiger partial charge in [0.15, 0.2) is 0 Å². The first kappa shape index (κ1) is 11.8. The fourth-order valence-electron chi connectivity index (χ4n) is 1.39. The maximum absolute atomic E-state index is 5.55. The Kier molecular flexibility index (Phi) is 4.12. The number of halogens is 1. The molecule has 1 heterocycles. The molecule has 0 amide bonds. The van der Waals surface area contributed by atoms with Crippen LogP contribution >= 0.6 is 15.9 Å². The lowest BCUT2D eigenvalue weighted by Crippen LogP contribution is -2.04. The molecule has 0 radical (unpaired) electrons. The zero-order valence-corrected chi connectivity index (χ0v) is 10.9. The van der Waals surface area contributed by atoms with Gasteiger partial charge in [-0.15, -0.1) is 0 Å². The lowest BCUT2D eigenvalue weighted by atomic mass is 10.4. The van der Waals surface area contributed by atoms with E-state index in [4.69, 9.17) is 9.47 Å². The molecule has 1 saturated carbocycles. The lowest BCUT2D eigenvalue weighted by Gasteiger charge is -2.06. The van der Waals surface area contributed by atoms with Crippen molar-refractivity contribution in [1.82, 2.24) is 9.97 Å². The van der Waals surface area contributed by atoms with Crippen LogP contribution in [0.2, 0.25) is 0 Å². The average Bonchev–Trinajstić information content (AvgIpc) is 3.07. The van der Waals surface area contributed by atoms with E-state index in [-0.39, 0.29) is 0 Å². The summed E-state index contributed by atoms with van der Waals surface area (Å²) in [4.78, 5) is 8.73. The third-order valence-electron chi connectivity index (χ3n) is 2.37. The van der Waals surface area contributed by atoms with Gasteiger partial charge in [0.2, 0.25) is 5.88 Å². The Morgan fingerprint density at radius 3 is 2.88 bits per heavy atom. The van der Waals surface area contributed by atoms with Crippen molar-refractivity contribution in [2.75, 3.05) is 20.3 Å². The van der Waals surface area contributed by atoms with Gasteiger partial charge in [-0.05, 0) is 28.8 Å². The van der Waals surface area contributed by atoms with Crippen molar-refractivity contribution < 1.29 is 9.47 Å². The lowest BCUT2D eigenvalue weighted by molar-refractivity contribution is 0.170. The maximum Gasteiger partial charge on any atom is 0.217 e. The number of ether oxygens (including phenoxy) is 2. The van der Waals surface area contributed by atoms with Crippen LogP contribution in [0, 0.1) is 0 Å². The van der Waals surface area contributed by atoms with Crippen LogP contribution in [-0.2, 0) is 4.74 Å². The molecule has 0 aliphatic heterocycles. The van der Waals surface area contributed by atoms with Crippen LogP contribution in [0.15, 0.2) is 10.7 Å². The smallest absolute Gasteiger partial charge is 0.217 e. The average molecular weight is 287 g/mol. The van der Waals surface area contributed by atoms with E-state index in [1.54, 1.807) is 13.2 Å². The van der Waals surface area contributed by atoms with Crippen molar-refractivity contribution in [3.05, 3.63) is 16.5 Å². The van der Waals surface area contributed by atoms with Crippen LogP contribution < -0.4 is 4.74 Å². The van der Waals surface area contributed by atoms with E-state index in [9.17, 15) is 0 Å². The highest BCUT2D eigenvalue weighted by Gasteiger charge is 2.27. The van der Waals surface area contributed by atoms with E-state index in [0.29, 0.717) is 25.0 Å². The van der Waals surface area contributed by atoms with Crippen LogP contribution in [0.25, 0.3) is 0 Å². The highest BCUT2D eigenvalue weighted by Crippen LogP contribution is 2.39. The molecule has 1 aliphatic carbocycles. The summed E-state index contributed by atoms with van der Waals surface area (Å²) in [6.07, 6.45) is 3.26. The Morgan fingerprint density at radius 1 is 1.38 bits per heavy atom. The Bertz CT molecular complexity index is 356. The highest BCUT2D eigenvalue weighted by atomic mass is 79.9. The molecule has 5 heteroatoms. The quantitative estimate of drug-likeness (QED) is 0.595. The van der Waals surface area contributed by atoms with E-state index in [1.807, 2.05) is 0 Å². The van der Waals surface area contributed by atoms with E-state index >= 15 is 0 Å². The van der Waals surface area contributed by atoms with Crippen molar-refractivity contribution in [2.24, 2.45) is 0 Å². The van der Waals surface area contributed by atoms with Gasteiger partial charge in [0.25, 0.3) is 0 Å². The zero-order valence-electron chi connectivity index (χ0n) is 9.28. The molecule has 2 rings (SSSR count). The minimum absolute atomic E-state index is 0.541. The molecule has 0 N–H and O–H groups in total. The van der Waals surface area contributed by atoms with Crippen LogP contribution in [0.1, 0.15) is 31.0 Å². The van der Waals surface area contributed by atoms with Crippen molar-refractivity contribution in [3.63, 3.8) is 0 Å². The molecule has 0 unspecified atom stereocenters. The fraction of sp³-hybridized carbons (Fsp3) is 0.636. The summed E-state index contributed by atoms with van der Waals surface area (Å²) < 4.78 is 11.3. The van der Waals surface area contributed by atoms with Crippen LogP contribution in [-0.4, -0.2) is 30.3 Å². The molecule has 1 aliphatic rings. The summed E-state index contributed by atoms with van der Waals surface area (Å²) >= 11 is 3.38. The minimum atomic E-state index is 0.541. The van der Waals surface area contributed by atoms with Gasteiger partial charge >= 0.3 is 0 Å². The van der Waals surface area contributed by atoms with Gasteiger partial charge in [-0.2, -0.15) is 4.98 Å². The molecule has 0 spiro atoms. The predicted octanol–water partition coefficient (Wildman–Crippen LogP) is 2.53. The molecule has 0 bridgehead atoms. The second kappa shape index (κ2) is 5.59. The monoisotopic (exact) mass is 286 g/mol. The number of rotatable bonds is 6. The summed E-state index contributed by atoms with van der Waals surface area (Å²) in [5.74, 6) is 2.09. The van der Waals surface area contributed by atoms with Gasteiger partial charge in [0, 0.05) is 32.1 Å². The second-order valence-corrected chi connectivity index (χ2v) is 4.67. The van der Waals surface area contributed by atoms with Crippen molar-refractivity contribution in [3.8, 4) is 5.88 Å². The largest absolute Gasteiger partial charge is 0.477 e. The Labute approximate surface area is 104 Å². The van der Waals surface area contributed by atoms with E-state index in [1.165, 1.54) is 12.8 Å². The summed E-state index contributed by atoms with van der Waals surface area (Å²) in [7, 11) is 1.69. The maximum atomic E-state index is 5.55. The molecule has 1 aromatic heterocycles. The molecule has 0 aromatic carbocycles. The first-order chi connectivity index (χ1) is 7.79. The van der Waals surface area contributed by atoms with Crippen molar-refractivity contribution in [2.45, 2.75) is 25.2 Å². The van der Waals surface area contributed by atoms with Gasteiger partial charge in [-0.3, -0.25) is 0 Å². The molecular weight excluding hydrogens is 272 g/mol. The van der Waals surface area contributed by atoms with Gasteiger partial charge in [0.1, 0.15) is 10.4 Å². The molecule has 4 nitrogen and oxygen atoms in total. The van der Waals surface area contributed by atoms with Gasteiger partial charge < -0.3 is 9.47 Å². The third-order valence-corrected chi connectivity index (χ3v) is 2.78. The highest BCUT2D eigenvalue weighted by molar-refractivity contribution is 9.10. The number of hydrogen-bond acceptors (Lipinski definition) is 4. The summed E-state index contributed by atoms with van der Waals surface area (Å²) in [5.41, 5.74) is 0. The normalized spacial score (nSPS) is 15.1. The Morgan fingerprint density at radius 2 is 2.19 bits per heavy atom. The SMILES string of the molecule is COCCCOc1cc(Br)nc(C2CC2)n1. The first-order valence-corrected chi connectivity index (χ1v) is 6.25. The molecule has 88 valence electrons. The first-order valence-electron chi connectivity index (χ1n) is 5.46. The molecule has 1 aromatic rings. The predicted molar refractivity (Wildman–Crippen MR) is 63.7 cm³/mol. The molecule has 0 saturated heterocycles. The van der Waals surface area contributed by atoms with Gasteiger partial charge in [-0.1, -0.05) is 0 Å². The van der Waals surface area contributed by atoms with Crippen LogP contribution in [0.4, 0.5) is 0 Å². The molecular formula is C11H15BrN2O2. The number of methoxy groups -OCH3 is 1. The topological polar surface area (TPSA) is 44.2 Å². The molecule has 1 fully saturated rings. The fourth-order valence-corrected chi connectivity index (χ4v) is 1.77.